The van der Waals surface area contributed by atoms with Crippen molar-refractivity contribution in [2.45, 2.75) is 13.0 Å². The Bertz CT molecular complexity index is 852. The summed E-state index contributed by atoms with van der Waals surface area (Å²) >= 11 is 7.75. The highest BCUT2D eigenvalue weighted by Gasteiger charge is 2.17. The first-order valence-corrected chi connectivity index (χ1v) is 8.02. The number of nitrogens with zero attached hydrogens (tertiary/aromatic N) is 2. The van der Waals surface area contributed by atoms with Gasteiger partial charge < -0.3 is 14.8 Å². The monoisotopic (exact) mass is 333 g/mol. The van der Waals surface area contributed by atoms with Crippen molar-refractivity contribution in [2.75, 3.05) is 12.1 Å². The van der Waals surface area contributed by atoms with Crippen molar-refractivity contribution in [2.24, 2.45) is 0 Å². The first-order chi connectivity index (χ1) is 10.7. The third-order valence-electron chi connectivity index (χ3n) is 3.58. The quantitative estimate of drug-likeness (QED) is 0.776. The highest BCUT2D eigenvalue weighted by atomic mass is 35.5. The van der Waals surface area contributed by atoms with Crippen LogP contribution in [-0.4, -0.2) is 16.8 Å². The second kappa shape index (κ2) is 5.30. The van der Waals surface area contributed by atoms with Gasteiger partial charge in [0.25, 0.3) is 0 Å². The Hall–Kier alpha value is -2.05. The van der Waals surface area contributed by atoms with Gasteiger partial charge in [-0.1, -0.05) is 17.7 Å². The lowest BCUT2D eigenvalue weighted by Gasteiger charge is -2.16. The number of ether oxygens (including phenoxy) is 2. The second-order valence-corrected chi connectivity index (χ2v) is 6.23. The molecule has 4 rings (SSSR count). The van der Waals surface area contributed by atoms with Gasteiger partial charge in [0.1, 0.15) is 17.0 Å². The molecule has 0 saturated heterocycles. The van der Waals surface area contributed by atoms with Crippen molar-refractivity contribution >= 4 is 39.0 Å². The summed E-state index contributed by atoms with van der Waals surface area (Å²) in [6.45, 7) is 2.34. The van der Waals surface area contributed by atoms with Gasteiger partial charge in [0, 0.05) is 5.38 Å². The zero-order valence-corrected chi connectivity index (χ0v) is 13.2. The molecule has 112 valence electrons. The highest BCUT2D eigenvalue weighted by Crippen LogP contribution is 2.37. The molecule has 1 aromatic carbocycles. The summed E-state index contributed by atoms with van der Waals surface area (Å²) in [4.78, 5) is 9.43. The Morgan fingerprint density at radius 1 is 1.27 bits per heavy atom. The van der Waals surface area contributed by atoms with Crippen molar-refractivity contribution in [3.63, 3.8) is 0 Å². The molecule has 0 radical (unpaired) electrons. The number of aromatic nitrogens is 2. The van der Waals surface area contributed by atoms with E-state index in [4.69, 9.17) is 21.1 Å². The Kier molecular flexibility index (Phi) is 3.28. The molecular weight excluding hydrogens is 322 g/mol. The normalized spacial score (nSPS) is 14.3. The molecule has 1 N–H and O–H groups in total. The van der Waals surface area contributed by atoms with E-state index in [2.05, 4.69) is 22.2 Å². The van der Waals surface area contributed by atoms with Crippen molar-refractivity contribution in [3.8, 4) is 11.5 Å². The van der Waals surface area contributed by atoms with E-state index in [9.17, 15) is 0 Å². The second-order valence-electron chi connectivity index (χ2n) is 4.96. The minimum atomic E-state index is 0.0450. The largest absolute Gasteiger partial charge is 0.454 e. The van der Waals surface area contributed by atoms with Crippen LogP contribution in [0, 0.1) is 0 Å². The Balaban J connectivity index is 1.66. The lowest BCUT2D eigenvalue weighted by molar-refractivity contribution is 0.174. The van der Waals surface area contributed by atoms with Crippen LogP contribution in [0.1, 0.15) is 18.5 Å². The summed E-state index contributed by atoms with van der Waals surface area (Å²) in [5.74, 6) is 2.29. The fourth-order valence-corrected chi connectivity index (χ4v) is 3.55. The maximum Gasteiger partial charge on any atom is 0.231 e. The summed E-state index contributed by atoms with van der Waals surface area (Å²) < 4.78 is 10.8. The number of halogens is 1. The van der Waals surface area contributed by atoms with Crippen LogP contribution in [0.3, 0.4) is 0 Å². The number of hydrogen-bond donors (Lipinski definition) is 1. The molecule has 5 nitrogen and oxygen atoms in total. The molecule has 22 heavy (non-hydrogen) atoms. The fourth-order valence-electron chi connectivity index (χ4n) is 2.42. The van der Waals surface area contributed by atoms with Crippen molar-refractivity contribution < 1.29 is 9.47 Å². The van der Waals surface area contributed by atoms with Crippen LogP contribution in [0.5, 0.6) is 11.5 Å². The van der Waals surface area contributed by atoms with E-state index in [0.717, 1.165) is 33.1 Å². The number of rotatable bonds is 3. The minimum absolute atomic E-state index is 0.0450. The van der Waals surface area contributed by atoms with Crippen LogP contribution < -0.4 is 14.8 Å². The Labute approximate surface area is 135 Å². The van der Waals surface area contributed by atoms with Crippen LogP contribution >= 0.6 is 22.9 Å². The summed E-state index contributed by atoms with van der Waals surface area (Å²) in [7, 11) is 0. The average molecular weight is 334 g/mol. The lowest BCUT2D eigenvalue weighted by Crippen LogP contribution is -2.08. The van der Waals surface area contributed by atoms with Crippen molar-refractivity contribution in [1.29, 1.82) is 0 Å². The van der Waals surface area contributed by atoms with Crippen LogP contribution in [0.4, 0.5) is 5.82 Å². The summed E-state index contributed by atoms with van der Waals surface area (Å²) in [5, 5.41) is 6.80. The number of hydrogen-bond acceptors (Lipinski definition) is 6. The van der Waals surface area contributed by atoms with E-state index in [1.165, 1.54) is 11.3 Å². The zero-order valence-electron chi connectivity index (χ0n) is 11.7. The summed E-state index contributed by atoms with van der Waals surface area (Å²) in [6, 6.07) is 5.96. The summed E-state index contributed by atoms with van der Waals surface area (Å²) in [6.07, 6.45) is 1.55. The zero-order chi connectivity index (χ0) is 15.1. The van der Waals surface area contributed by atoms with E-state index in [-0.39, 0.29) is 12.8 Å². The molecule has 3 heterocycles. The Morgan fingerprint density at radius 2 is 2.14 bits per heavy atom. The average Bonchev–Trinajstić information content (AvgIpc) is 3.14. The van der Waals surface area contributed by atoms with Gasteiger partial charge in [-0.2, -0.15) is 0 Å². The van der Waals surface area contributed by atoms with Gasteiger partial charge in [-0.3, -0.25) is 0 Å². The standard InChI is InChI=1S/C15H12ClN3O2S/c1-8(9-2-3-11-12(4-9)21-7-20-11)19-14-13-10(16)5-22-15(13)18-6-17-14/h2-6,8H,7H2,1H3,(H,17,18,19). The van der Waals surface area contributed by atoms with Gasteiger partial charge in [0.2, 0.25) is 6.79 Å². The molecular formula is C15H12ClN3O2S. The molecule has 0 spiro atoms. The van der Waals surface area contributed by atoms with Crippen molar-refractivity contribution in [3.05, 3.63) is 40.5 Å². The molecule has 1 atom stereocenters. The number of anilines is 1. The van der Waals surface area contributed by atoms with E-state index in [0.29, 0.717) is 5.02 Å². The molecule has 2 aromatic heterocycles. The molecule has 1 aliphatic heterocycles. The number of thiophene rings is 1. The minimum Gasteiger partial charge on any atom is -0.454 e. The molecule has 1 aliphatic rings. The SMILES string of the molecule is CC(Nc1ncnc2scc(Cl)c12)c1ccc2c(c1)OCO2. The van der Waals surface area contributed by atoms with E-state index < -0.39 is 0 Å². The molecule has 3 aromatic rings. The molecule has 1 unspecified atom stereocenters. The van der Waals surface area contributed by atoms with E-state index in [1.54, 1.807) is 6.33 Å². The van der Waals surface area contributed by atoms with Gasteiger partial charge in [0.15, 0.2) is 11.5 Å². The summed E-state index contributed by atoms with van der Waals surface area (Å²) in [5.41, 5.74) is 1.09. The molecule has 0 bridgehead atoms. The molecule has 0 amide bonds. The van der Waals surface area contributed by atoms with E-state index >= 15 is 0 Å². The molecule has 0 fully saturated rings. The molecule has 0 aliphatic carbocycles. The van der Waals surface area contributed by atoms with Crippen molar-refractivity contribution in [1.82, 2.24) is 9.97 Å². The van der Waals surface area contributed by atoms with Crippen LogP contribution in [0.2, 0.25) is 5.02 Å². The van der Waals surface area contributed by atoms with Gasteiger partial charge in [0.05, 0.1) is 16.5 Å². The first-order valence-electron chi connectivity index (χ1n) is 6.76. The predicted octanol–water partition coefficient (Wildman–Crippen LogP) is 4.25. The smallest absolute Gasteiger partial charge is 0.231 e. The van der Waals surface area contributed by atoms with Gasteiger partial charge in [-0.05, 0) is 24.6 Å². The molecule has 0 saturated carbocycles. The predicted molar refractivity (Wildman–Crippen MR) is 87.0 cm³/mol. The van der Waals surface area contributed by atoms with Gasteiger partial charge in [-0.25, -0.2) is 9.97 Å². The number of nitrogens with one attached hydrogen (secondary N) is 1. The molecule has 7 heteroatoms. The first kappa shape index (κ1) is 13.6. The topological polar surface area (TPSA) is 56.3 Å². The number of benzene rings is 1. The maximum absolute atomic E-state index is 6.24. The van der Waals surface area contributed by atoms with Crippen LogP contribution in [0.25, 0.3) is 10.2 Å². The van der Waals surface area contributed by atoms with Crippen LogP contribution in [-0.2, 0) is 0 Å². The fraction of sp³-hybridized carbons (Fsp3) is 0.200. The lowest BCUT2D eigenvalue weighted by atomic mass is 10.1. The highest BCUT2D eigenvalue weighted by molar-refractivity contribution is 7.17. The third-order valence-corrected chi connectivity index (χ3v) is 4.89. The maximum atomic E-state index is 6.24. The van der Waals surface area contributed by atoms with E-state index in [1.807, 2.05) is 23.6 Å². The third kappa shape index (κ3) is 2.24. The number of fused-ring (bicyclic) bond motifs is 2. The Morgan fingerprint density at radius 3 is 3.05 bits per heavy atom. The van der Waals surface area contributed by atoms with Gasteiger partial charge >= 0.3 is 0 Å². The van der Waals surface area contributed by atoms with Gasteiger partial charge in [-0.15, -0.1) is 11.3 Å². The van der Waals surface area contributed by atoms with Crippen LogP contribution in [0.15, 0.2) is 29.9 Å².